The van der Waals surface area contributed by atoms with Crippen LogP contribution in [0.25, 0.3) is 55.8 Å². The number of fused-ring (bicyclic) bond motifs is 2. The van der Waals surface area contributed by atoms with Gasteiger partial charge in [-0.3, -0.25) is 20.1 Å². The van der Waals surface area contributed by atoms with Crippen LogP contribution in [-0.2, 0) is 6.54 Å². The Balaban J connectivity index is 1.45. The fourth-order valence-corrected chi connectivity index (χ4v) is 4.23. The highest BCUT2D eigenvalue weighted by Crippen LogP contribution is 2.32. The molecule has 34 heavy (non-hydrogen) atoms. The van der Waals surface area contributed by atoms with Gasteiger partial charge in [0.25, 0.3) is 0 Å². The van der Waals surface area contributed by atoms with E-state index in [1.165, 1.54) is 5.56 Å². The average Bonchev–Trinajstić information content (AvgIpc) is 3.48. The SMILES string of the molecule is CN(C)Cc1cncc(-c2ccc3[nH]nc(-c4nc5c(-c6cccnc6)nccc5[nH]4)c3c2)c1. The minimum absolute atomic E-state index is 0.691. The van der Waals surface area contributed by atoms with Crippen molar-refractivity contribution in [2.45, 2.75) is 6.54 Å². The van der Waals surface area contributed by atoms with Gasteiger partial charge in [-0.25, -0.2) is 4.98 Å². The van der Waals surface area contributed by atoms with Crippen LogP contribution in [0.15, 0.2) is 73.4 Å². The van der Waals surface area contributed by atoms with Gasteiger partial charge < -0.3 is 9.88 Å². The molecule has 0 unspecified atom stereocenters. The van der Waals surface area contributed by atoms with Gasteiger partial charge in [-0.05, 0) is 61.6 Å². The van der Waals surface area contributed by atoms with Crippen molar-refractivity contribution in [2.75, 3.05) is 14.1 Å². The Labute approximate surface area is 195 Å². The lowest BCUT2D eigenvalue weighted by atomic mass is 10.0. The maximum absolute atomic E-state index is 4.88. The number of hydrogen-bond donors (Lipinski definition) is 2. The Hall–Kier alpha value is -4.43. The van der Waals surface area contributed by atoms with Crippen LogP contribution in [0, 0.1) is 0 Å². The van der Waals surface area contributed by atoms with Gasteiger partial charge in [-0.2, -0.15) is 5.10 Å². The van der Waals surface area contributed by atoms with Crippen LogP contribution in [0.5, 0.6) is 0 Å². The van der Waals surface area contributed by atoms with E-state index in [2.05, 4.69) is 67.3 Å². The topological polar surface area (TPSA) is 99.3 Å². The zero-order valence-corrected chi connectivity index (χ0v) is 18.8. The fourth-order valence-electron chi connectivity index (χ4n) is 4.23. The Morgan fingerprint density at radius 1 is 0.824 bits per heavy atom. The van der Waals surface area contributed by atoms with Crippen molar-refractivity contribution >= 4 is 21.9 Å². The molecule has 0 radical (unpaired) electrons. The van der Waals surface area contributed by atoms with Crippen molar-refractivity contribution in [3.05, 3.63) is 79.0 Å². The molecule has 0 aliphatic rings. The number of H-pyrrole nitrogens is 2. The molecule has 8 heteroatoms. The first kappa shape index (κ1) is 20.2. The van der Waals surface area contributed by atoms with Crippen LogP contribution in [0.2, 0.25) is 0 Å². The van der Waals surface area contributed by atoms with E-state index in [-0.39, 0.29) is 0 Å². The maximum atomic E-state index is 4.88. The predicted octanol–water partition coefficient (Wildman–Crippen LogP) is 4.69. The first-order valence-corrected chi connectivity index (χ1v) is 11.0. The minimum atomic E-state index is 0.691. The Morgan fingerprint density at radius 3 is 2.59 bits per heavy atom. The quantitative estimate of drug-likeness (QED) is 0.399. The molecule has 5 aromatic heterocycles. The molecule has 8 nitrogen and oxygen atoms in total. The molecular weight excluding hydrogens is 424 g/mol. The summed E-state index contributed by atoms with van der Waals surface area (Å²) in [5.41, 5.74) is 8.43. The summed E-state index contributed by atoms with van der Waals surface area (Å²) in [6.45, 7) is 0.840. The number of nitrogens with one attached hydrogen (secondary N) is 2. The van der Waals surface area contributed by atoms with Gasteiger partial charge in [0, 0.05) is 54.0 Å². The number of imidazole rings is 1. The lowest BCUT2D eigenvalue weighted by Gasteiger charge is -2.10. The predicted molar refractivity (Wildman–Crippen MR) is 133 cm³/mol. The summed E-state index contributed by atoms with van der Waals surface area (Å²) in [7, 11) is 4.11. The van der Waals surface area contributed by atoms with Crippen LogP contribution in [0.4, 0.5) is 0 Å². The zero-order chi connectivity index (χ0) is 23.1. The minimum Gasteiger partial charge on any atom is -0.336 e. The van der Waals surface area contributed by atoms with Crippen LogP contribution in [0.3, 0.4) is 0 Å². The Bertz CT molecular complexity index is 1610. The number of benzene rings is 1. The van der Waals surface area contributed by atoms with Crippen LogP contribution < -0.4 is 0 Å². The first-order valence-electron chi connectivity index (χ1n) is 11.0. The number of aromatic amines is 2. The lowest BCUT2D eigenvalue weighted by molar-refractivity contribution is 0.402. The molecule has 2 N–H and O–H groups in total. The molecule has 6 rings (SSSR count). The highest BCUT2D eigenvalue weighted by molar-refractivity contribution is 5.97. The average molecular weight is 447 g/mol. The summed E-state index contributed by atoms with van der Waals surface area (Å²) in [5.74, 6) is 0.691. The summed E-state index contributed by atoms with van der Waals surface area (Å²) in [6.07, 6.45) is 9.13. The van der Waals surface area contributed by atoms with Gasteiger partial charge in [0.2, 0.25) is 0 Å². The van der Waals surface area contributed by atoms with Crippen molar-refractivity contribution < 1.29 is 0 Å². The van der Waals surface area contributed by atoms with E-state index in [1.54, 1.807) is 18.6 Å². The zero-order valence-electron chi connectivity index (χ0n) is 18.8. The molecule has 0 saturated heterocycles. The third kappa shape index (κ3) is 3.60. The summed E-state index contributed by atoms with van der Waals surface area (Å²) < 4.78 is 0. The molecular formula is C26H22N8. The number of aromatic nitrogens is 7. The second-order valence-electron chi connectivity index (χ2n) is 8.54. The van der Waals surface area contributed by atoms with Crippen molar-refractivity contribution in [3.63, 3.8) is 0 Å². The molecule has 5 heterocycles. The molecule has 0 spiro atoms. The van der Waals surface area contributed by atoms with E-state index in [4.69, 9.17) is 4.98 Å². The van der Waals surface area contributed by atoms with E-state index in [9.17, 15) is 0 Å². The Morgan fingerprint density at radius 2 is 1.74 bits per heavy atom. The smallest absolute Gasteiger partial charge is 0.159 e. The summed E-state index contributed by atoms with van der Waals surface area (Å²) in [6, 6.07) is 14.3. The van der Waals surface area contributed by atoms with E-state index in [0.29, 0.717) is 5.82 Å². The van der Waals surface area contributed by atoms with E-state index >= 15 is 0 Å². The van der Waals surface area contributed by atoms with E-state index in [1.807, 2.05) is 36.7 Å². The molecule has 0 bridgehead atoms. The van der Waals surface area contributed by atoms with Crippen LogP contribution in [0.1, 0.15) is 5.56 Å². The number of nitrogens with zero attached hydrogens (tertiary/aromatic N) is 6. The second kappa shape index (κ2) is 8.17. The third-order valence-corrected chi connectivity index (χ3v) is 5.75. The number of pyridine rings is 3. The molecule has 166 valence electrons. The largest absolute Gasteiger partial charge is 0.336 e. The molecule has 0 atom stereocenters. The Kier molecular flexibility index (Phi) is 4.85. The summed E-state index contributed by atoms with van der Waals surface area (Å²) in [4.78, 5) is 23.7. The third-order valence-electron chi connectivity index (χ3n) is 5.75. The molecule has 0 fully saturated rings. The fraction of sp³-hybridized carbons (Fsp3) is 0.115. The van der Waals surface area contributed by atoms with Gasteiger partial charge in [0.05, 0.1) is 16.7 Å². The highest BCUT2D eigenvalue weighted by Gasteiger charge is 2.16. The summed E-state index contributed by atoms with van der Waals surface area (Å²) >= 11 is 0. The molecule has 0 saturated carbocycles. The molecule has 6 aromatic rings. The van der Waals surface area contributed by atoms with Crippen molar-refractivity contribution in [3.8, 4) is 33.9 Å². The second-order valence-corrected chi connectivity index (χ2v) is 8.54. The van der Waals surface area contributed by atoms with Gasteiger partial charge >= 0.3 is 0 Å². The van der Waals surface area contributed by atoms with E-state index in [0.717, 1.165) is 56.6 Å². The number of hydrogen-bond acceptors (Lipinski definition) is 6. The lowest BCUT2D eigenvalue weighted by Crippen LogP contribution is -2.10. The molecule has 0 amide bonds. The molecule has 0 aliphatic carbocycles. The normalized spacial score (nSPS) is 11.6. The molecule has 1 aromatic carbocycles. The van der Waals surface area contributed by atoms with Gasteiger partial charge in [0.1, 0.15) is 11.2 Å². The van der Waals surface area contributed by atoms with Crippen LogP contribution in [-0.4, -0.2) is 54.1 Å². The van der Waals surface area contributed by atoms with Gasteiger partial charge in [0.15, 0.2) is 5.82 Å². The van der Waals surface area contributed by atoms with E-state index < -0.39 is 0 Å². The van der Waals surface area contributed by atoms with Crippen molar-refractivity contribution in [1.29, 1.82) is 0 Å². The van der Waals surface area contributed by atoms with Gasteiger partial charge in [-0.1, -0.05) is 6.07 Å². The van der Waals surface area contributed by atoms with Crippen molar-refractivity contribution in [2.24, 2.45) is 0 Å². The highest BCUT2D eigenvalue weighted by atomic mass is 15.1. The maximum Gasteiger partial charge on any atom is 0.159 e. The van der Waals surface area contributed by atoms with Gasteiger partial charge in [-0.15, -0.1) is 0 Å². The van der Waals surface area contributed by atoms with Crippen molar-refractivity contribution in [1.82, 2.24) is 40.0 Å². The van der Waals surface area contributed by atoms with Crippen LogP contribution >= 0.6 is 0 Å². The first-order chi connectivity index (χ1) is 16.7. The molecule has 0 aliphatic heterocycles. The summed E-state index contributed by atoms with van der Waals surface area (Å²) in [5, 5.41) is 8.71. The standard InChI is InChI=1S/C26H22N8/c1-34(2)15-16-10-19(14-28-12-16)17-5-6-21-20(11-17)24(33-32-21)26-30-22-7-9-29-23(25(22)31-26)18-4-3-8-27-13-18/h3-14H,15H2,1-2H3,(H,30,31)(H,32,33). The monoisotopic (exact) mass is 446 g/mol. The number of rotatable bonds is 5.